The minimum atomic E-state index is 0.515. The predicted octanol–water partition coefficient (Wildman–Crippen LogP) is 2.82. The summed E-state index contributed by atoms with van der Waals surface area (Å²) >= 11 is 0. The first-order valence-corrected chi connectivity index (χ1v) is 7.62. The van der Waals surface area contributed by atoms with Gasteiger partial charge in [-0.2, -0.15) is 0 Å². The van der Waals surface area contributed by atoms with Gasteiger partial charge in [-0.3, -0.25) is 4.90 Å². The number of nitrogens with zero attached hydrogens (tertiary/aromatic N) is 4. The Balaban J connectivity index is 1.80. The van der Waals surface area contributed by atoms with Gasteiger partial charge in [-0.25, -0.2) is 4.98 Å². The second-order valence-electron chi connectivity index (χ2n) is 6.07. The molecule has 1 aromatic carbocycles. The first-order valence-electron chi connectivity index (χ1n) is 7.62. The molecule has 0 radical (unpaired) electrons. The van der Waals surface area contributed by atoms with E-state index in [-0.39, 0.29) is 0 Å². The maximum Gasteiger partial charge on any atom is 0.122 e. The lowest BCUT2D eigenvalue weighted by atomic mass is 10.0. The Hall–Kier alpha value is -1.81. The molecule has 3 rings (SSSR count). The largest absolute Gasteiger partial charge is 0.378 e. The van der Waals surface area contributed by atoms with Gasteiger partial charge >= 0.3 is 0 Å². The van der Waals surface area contributed by atoms with Crippen molar-refractivity contribution in [3.05, 3.63) is 48.0 Å². The van der Waals surface area contributed by atoms with Crippen molar-refractivity contribution in [2.24, 2.45) is 7.05 Å². The van der Waals surface area contributed by atoms with E-state index in [1.807, 2.05) is 12.4 Å². The SMILES string of the molecule is CN(C)c1cccc(C2CCCN2Cc2nccn2C)c1. The molecule has 0 N–H and O–H groups in total. The van der Waals surface area contributed by atoms with E-state index in [0.29, 0.717) is 6.04 Å². The zero-order chi connectivity index (χ0) is 14.8. The molecule has 112 valence electrons. The molecule has 2 heterocycles. The molecule has 1 atom stereocenters. The van der Waals surface area contributed by atoms with E-state index in [0.717, 1.165) is 18.9 Å². The maximum atomic E-state index is 4.47. The fraction of sp³-hybridized carbons (Fsp3) is 0.471. The summed E-state index contributed by atoms with van der Waals surface area (Å²) in [6, 6.07) is 9.43. The number of imidazole rings is 1. The lowest BCUT2D eigenvalue weighted by Gasteiger charge is -2.25. The highest BCUT2D eigenvalue weighted by Gasteiger charge is 2.27. The van der Waals surface area contributed by atoms with Crippen molar-refractivity contribution < 1.29 is 0 Å². The summed E-state index contributed by atoms with van der Waals surface area (Å²) in [6.45, 7) is 2.09. The molecule has 1 aliphatic heterocycles. The molecule has 0 amide bonds. The molecule has 0 spiro atoms. The van der Waals surface area contributed by atoms with Crippen LogP contribution in [0.25, 0.3) is 0 Å². The van der Waals surface area contributed by atoms with Crippen LogP contribution in [-0.2, 0) is 13.6 Å². The van der Waals surface area contributed by atoms with Gasteiger partial charge < -0.3 is 9.47 Å². The minimum absolute atomic E-state index is 0.515. The van der Waals surface area contributed by atoms with Crippen LogP contribution in [0, 0.1) is 0 Å². The summed E-state index contributed by atoms with van der Waals surface area (Å²) in [6.07, 6.45) is 6.41. The number of rotatable bonds is 4. The van der Waals surface area contributed by atoms with E-state index in [9.17, 15) is 0 Å². The van der Waals surface area contributed by atoms with E-state index in [1.165, 1.54) is 24.1 Å². The van der Waals surface area contributed by atoms with Crippen molar-refractivity contribution in [1.82, 2.24) is 14.5 Å². The third-order valence-electron chi connectivity index (χ3n) is 4.40. The standard InChI is InChI=1S/C17H24N4/c1-19(2)15-7-4-6-14(12-15)16-8-5-10-21(16)13-17-18-9-11-20(17)3/h4,6-7,9,11-12,16H,5,8,10,13H2,1-3H3. The third kappa shape index (κ3) is 2.95. The Labute approximate surface area is 127 Å². The first-order chi connectivity index (χ1) is 10.1. The number of hydrogen-bond donors (Lipinski definition) is 0. The van der Waals surface area contributed by atoms with Crippen LogP contribution in [-0.4, -0.2) is 35.1 Å². The lowest BCUT2D eigenvalue weighted by molar-refractivity contribution is 0.240. The summed E-state index contributed by atoms with van der Waals surface area (Å²) in [5.74, 6) is 1.14. The van der Waals surface area contributed by atoms with Gasteiger partial charge in [-0.1, -0.05) is 12.1 Å². The van der Waals surface area contributed by atoms with Crippen LogP contribution in [0.15, 0.2) is 36.7 Å². The zero-order valence-electron chi connectivity index (χ0n) is 13.2. The molecule has 0 saturated carbocycles. The summed E-state index contributed by atoms with van der Waals surface area (Å²) in [5, 5.41) is 0. The van der Waals surface area contributed by atoms with Crippen molar-refractivity contribution in [2.75, 3.05) is 25.5 Å². The van der Waals surface area contributed by atoms with Crippen LogP contribution >= 0.6 is 0 Å². The van der Waals surface area contributed by atoms with E-state index in [4.69, 9.17) is 0 Å². The van der Waals surface area contributed by atoms with Gasteiger partial charge in [0, 0.05) is 45.3 Å². The summed E-state index contributed by atoms with van der Waals surface area (Å²) in [4.78, 5) is 9.19. The van der Waals surface area contributed by atoms with Gasteiger partial charge in [0.25, 0.3) is 0 Å². The Bertz CT molecular complexity index is 602. The van der Waals surface area contributed by atoms with Gasteiger partial charge in [0.05, 0.1) is 6.54 Å². The Kier molecular flexibility index (Phi) is 3.97. The highest BCUT2D eigenvalue weighted by molar-refractivity contribution is 5.48. The molecule has 4 heteroatoms. The monoisotopic (exact) mass is 284 g/mol. The molecule has 1 fully saturated rings. The van der Waals surface area contributed by atoms with Crippen LogP contribution < -0.4 is 4.90 Å². The molecule has 0 aliphatic carbocycles. The Morgan fingerprint density at radius 2 is 2.19 bits per heavy atom. The number of anilines is 1. The molecule has 1 aliphatic rings. The second kappa shape index (κ2) is 5.90. The van der Waals surface area contributed by atoms with Crippen molar-refractivity contribution in [3.63, 3.8) is 0 Å². The van der Waals surface area contributed by atoms with E-state index >= 15 is 0 Å². The molecular formula is C17H24N4. The topological polar surface area (TPSA) is 24.3 Å². The Morgan fingerprint density at radius 1 is 1.33 bits per heavy atom. The molecule has 1 unspecified atom stereocenters. The average Bonchev–Trinajstić information content (AvgIpc) is 3.09. The Morgan fingerprint density at radius 3 is 2.90 bits per heavy atom. The van der Waals surface area contributed by atoms with Crippen LogP contribution in [0.4, 0.5) is 5.69 Å². The average molecular weight is 284 g/mol. The second-order valence-corrected chi connectivity index (χ2v) is 6.07. The first kappa shape index (κ1) is 14.1. The maximum absolute atomic E-state index is 4.47. The highest BCUT2D eigenvalue weighted by Crippen LogP contribution is 2.34. The van der Waals surface area contributed by atoms with Gasteiger partial charge in [-0.15, -0.1) is 0 Å². The minimum Gasteiger partial charge on any atom is -0.378 e. The predicted molar refractivity (Wildman–Crippen MR) is 86.4 cm³/mol. The van der Waals surface area contributed by atoms with E-state index in [1.54, 1.807) is 0 Å². The fourth-order valence-electron chi connectivity index (χ4n) is 3.13. The number of likely N-dealkylation sites (tertiary alicyclic amines) is 1. The quantitative estimate of drug-likeness (QED) is 0.863. The normalized spacial score (nSPS) is 19.1. The molecule has 2 aromatic rings. The molecule has 4 nitrogen and oxygen atoms in total. The number of aromatic nitrogens is 2. The van der Waals surface area contributed by atoms with Gasteiger partial charge in [0.15, 0.2) is 0 Å². The smallest absolute Gasteiger partial charge is 0.122 e. The van der Waals surface area contributed by atoms with Gasteiger partial charge in [-0.05, 0) is 37.1 Å². The zero-order valence-corrected chi connectivity index (χ0v) is 13.2. The number of hydrogen-bond acceptors (Lipinski definition) is 3. The molecule has 1 aromatic heterocycles. The molecular weight excluding hydrogens is 260 g/mol. The third-order valence-corrected chi connectivity index (χ3v) is 4.40. The van der Waals surface area contributed by atoms with E-state index in [2.05, 4.69) is 64.8 Å². The highest BCUT2D eigenvalue weighted by atomic mass is 15.2. The van der Waals surface area contributed by atoms with Crippen molar-refractivity contribution in [2.45, 2.75) is 25.4 Å². The molecule has 1 saturated heterocycles. The van der Waals surface area contributed by atoms with Gasteiger partial charge in [0.1, 0.15) is 5.82 Å². The van der Waals surface area contributed by atoms with Crippen LogP contribution in [0.1, 0.15) is 30.3 Å². The fourth-order valence-corrected chi connectivity index (χ4v) is 3.13. The molecule has 0 bridgehead atoms. The number of benzene rings is 1. The van der Waals surface area contributed by atoms with Crippen molar-refractivity contribution in [1.29, 1.82) is 0 Å². The summed E-state index contributed by atoms with van der Waals surface area (Å²) in [7, 11) is 6.26. The van der Waals surface area contributed by atoms with Crippen LogP contribution in [0.2, 0.25) is 0 Å². The van der Waals surface area contributed by atoms with Crippen molar-refractivity contribution >= 4 is 5.69 Å². The summed E-state index contributed by atoms with van der Waals surface area (Å²) < 4.78 is 2.12. The van der Waals surface area contributed by atoms with Crippen LogP contribution in [0.5, 0.6) is 0 Å². The summed E-state index contributed by atoms with van der Waals surface area (Å²) in [5.41, 5.74) is 2.70. The van der Waals surface area contributed by atoms with Crippen molar-refractivity contribution in [3.8, 4) is 0 Å². The van der Waals surface area contributed by atoms with E-state index < -0.39 is 0 Å². The lowest BCUT2D eigenvalue weighted by Crippen LogP contribution is -2.24. The van der Waals surface area contributed by atoms with Gasteiger partial charge in [0.2, 0.25) is 0 Å². The number of aryl methyl sites for hydroxylation is 1. The van der Waals surface area contributed by atoms with Crippen LogP contribution in [0.3, 0.4) is 0 Å². The molecule has 21 heavy (non-hydrogen) atoms.